The lowest BCUT2D eigenvalue weighted by Crippen LogP contribution is -2.43. The Morgan fingerprint density at radius 2 is 1.37 bits per heavy atom. The van der Waals surface area contributed by atoms with Crippen molar-refractivity contribution in [3.05, 3.63) is 108 Å². The SMILES string of the molecule is O=C(NC(Cc1ccccc1)C(=O)OC/C(=N/O)c1ccccc1)c1ccccc1. The quantitative estimate of drug-likeness (QED) is 0.261. The number of oxime groups is 1. The summed E-state index contributed by atoms with van der Waals surface area (Å²) in [6, 6.07) is 26.0. The molecule has 2 N–H and O–H groups in total. The van der Waals surface area contributed by atoms with Crippen molar-refractivity contribution in [3.8, 4) is 0 Å². The number of carbonyl (C=O) groups is 2. The Hall–Kier alpha value is -3.93. The molecule has 0 aromatic heterocycles. The Labute approximate surface area is 174 Å². The van der Waals surface area contributed by atoms with E-state index in [1.54, 1.807) is 48.5 Å². The summed E-state index contributed by atoms with van der Waals surface area (Å²) in [5.74, 6) is -0.979. The second kappa shape index (κ2) is 10.6. The van der Waals surface area contributed by atoms with Crippen LogP contribution in [-0.4, -0.2) is 35.4 Å². The molecule has 1 unspecified atom stereocenters. The number of benzene rings is 3. The van der Waals surface area contributed by atoms with Crippen molar-refractivity contribution < 1.29 is 19.5 Å². The van der Waals surface area contributed by atoms with Crippen LogP contribution in [0.1, 0.15) is 21.5 Å². The lowest BCUT2D eigenvalue weighted by molar-refractivity contribution is -0.144. The Bertz CT molecular complexity index is 989. The highest BCUT2D eigenvalue weighted by molar-refractivity contribution is 6.02. The van der Waals surface area contributed by atoms with Gasteiger partial charge in [-0.15, -0.1) is 0 Å². The molecule has 6 heteroatoms. The van der Waals surface area contributed by atoms with Crippen LogP contribution in [-0.2, 0) is 16.0 Å². The van der Waals surface area contributed by atoms with E-state index in [4.69, 9.17) is 4.74 Å². The topological polar surface area (TPSA) is 88.0 Å². The number of nitrogens with zero attached hydrogens (tertiary/aromatic N) is 1. The van der Waals surface area contributed by atoms with E-state index in [0.29, 0.717) is 11.1 Å². The van der Waals surface area contributed by atoms with Crippen molar-refractivity contribution in [1.82, 2.24) is 5.32 Å². The lowest BCUT2D eigenvalue weighted by atomic mass is 10.1. The molecule has 0 aliphatic carbocycles. The van der Waals surface area contributed by atoms with Gasteiger partial charge < -0.3 is 15.3 Å². The number of nitrogens with one attached hydrogen (secondary N) is 1. The molecule has 0 heterocycles. The second-order valence-electron chi connectivity index (χ2n) is 6.60. The van der Waals surface area contributed by atoms with Gasteiger partial charge in [-0.1, -0.05) is 84.0 Å². The number of ether oxygens (including phenoxy) is 1. The van der Waals surface area contributed by atoms with Crippen LogP contribution in [0.3, 0.4) is 0 Å². The smallest absolute Gasteiger partial charge is 0.329 e. The Kier molecular flexibility index (Phi) is 7.33. The molecule has 3 aromatic rings. The zero-order valence-electron chi connectivity index (χ0n) is 16.3. The maximum Gasteiger partial charge on any atom is 0.329 e. The average Bonchev–Trinajstić information content (AvgIpc) is 2.81. The third-order valence-corrected chi connectivity index (χ3v) is 4.49. The minimum absolute atomic E-state index is 0.216. The van der Waals surface area contributed by atoms with Crippen molar-refractivity contribution >= 4 is 17.6 Å². The highest BCUT2D eigenvalue weighted by Crippen LogP contribution is 2.08. The summed E-state index contributed by atoms with van der Waals surface area (Å²) < 4.78 is 5.38. The molecule has 0 radical (unpaired) electrons. The van der Waals surface area contributed by atoms with Gasteiger partial charge in [0.25, 0.3) is 5.91 Å². The summed E-state index contributed by atoms with van der Waals surface area (Å²) in [4.78, 5) is 25.4. The van der Waals surface area contributed by atoms with E-state index in [0.717, 1.165) is 5.56 Å². The molecule has 1 amide bonds. The third-order valence-electron chi connectivity index (χ3n) is 4.49. The highest BCUT2D eigenvalue weighted by atomic mass is 16.5. The summed E-state index contributed by atoms with van der Waals surface area (Å²) in [6.45, 7) is -0.216. The molecule has 0 aliphatic rings. The zero-order chi connectivity index (χ0) is 21.2. The van der Waals surface area contributed by atoms with Crippen LogP contribution < -0.4 is 5.32 Å². The van der Waals surface area contributed by atoms with Crippen molar-refractivity contribution in [2.75, 3.05) is 6.61 Å². The molecule has 0 fully saturated rings. The van der Waals surface area contributed by atoms with Gasteiger partial charge in [-0.05, 0) is 17.7 Å². The van der Waals surface area contributed by atoms with Gasteiger partial charge in [-0.2, -0.15) is 0 Å². The fourth-order valence-corrected chi connectivity index (χ4v) is 2.91. The second-order valence-corrected chi connectivity index (χ2v) is 6.60. The molecule has 0 aliphatic heterocycles. The average molecular weight is 402 g/mol. The maximum atomic E-state index is 12.8. The predicted molar refractivity (Wildman–Crippen MR) is 114 cm³/mol. The highest BCUT2D eigenvalue weighted by Gasteiger charge is 2.24. The number of carbonyl (C=O) groups excluding carboxylic acids is 2. The third kappa shape index (κ3) is 5.78. The first-order valence-electron chi connectivity index (χ1n) is 9.50. The predicted octanol–water partition coefficient (Wildman–Crippen LogP) is 3.45. The molecule has 6 nitrogen and oxygen atoms in total. The largest absolute Gasteiger partial charge is 0.457 e. The molecule has 1 atom stereocenters. The number of rotatable bonds is 8. The standard InChI is InChI=1S/C24H22N2O4/c27-23(20-14-8-3-9-15-20)25-21(16-18-10-4-1-5-11-18)24(28)30-17-22(26-29)19-12-6-2-7-13-19/h1-15,21,29H,16-17H2,(H,25,27)/b26-22-. The minimum Gasteiger partial charge on any atom is -0.457 e. The van der Waals surface area contributed by atoms with E-state index in [-0.39, 0.29) is 24.6 Å². The number of hydrogen-bond donors (Lipinski definition) is 2. The monoisotopic (exact) mass is 402 g/mol. The van der Waals surface area contributed by atoms with Gasteiger partial charge in [0.2, 0.25) is 0 Å². The molecular weight excluding hydrogens is 380 g/mol. The number of hydrogen-bond acceptors (Lipinski definition) is 5. The van der Waals surface area contributed by atoms with Crippen LogP contribution in [0.2, 0.25) is 0 Å². The summed E-state index contributed by atoms with van der Waals surface area (Å²) in [5.41, 5.74) is 2.19. The van der Waals surface area contributed by atoms with Crippen LogP contribution in [0.25, 0.3) is 0 Å². The van der Waals surface area contributed by atoms with E-state index in [1.165, 1.54) is 0 Å². The first-order chi connectivity index (χ1) is 14.7. The molecule has 30 heavy (non-hydrogen) atoms. The summed E-state index contributed by atoms with van der Waals surface area (Å²) in [5, 5.41) is 15.3. The maximum absolute atomic E-state index is 12.8. The fraction of sp³-hybridized carbons (Fsp3) is 0.125. The van der Waals surface area contributed by atoms with Crippen LogP contribution in [0.15, 0.2) is 96.2 Å². The van der Waals surface area contributed by atoms with Gasteiger partial charge in [0, 0.05) is 17.5 Å². The molecular formula is C24H22N2O4. The minimum atomic E-state index is -0.893. The van der Waals surface area contributed by atoms with E-state index >= 15 is 0 Å². The van der Waals surface area contributed by atoms with Gasteiger partial charge >= 0.3 is 5.97 Å². The first-order valence-corrected chi connectivity index (χ1v) is 9.50. The van der Waals surface area contributed by atoms with E-state index in [2.05, 4.69) is 10.5 Å². The molecule has 3 aromatic carbocycles. The van der Waals surface area contributed by atoms with Gasteiger partial charge in [0.15, 0.2) is 0 Å². The summed E-state index contributed by atoms with van der Waals surface area (Å²) in [6.07, 6.45) is 0.273. The van der Waals surface area contributed by atoms with Crippen molar-refractivity contribution in [2.45, 2.75) is 12.5 Å². The molecule has 0 bridgehead atoms. The first kappa shape index (κ1) is 20.8. The van der Waals surface area contributed by atoms with Crippen molar-refractivity contribution in [2.24, 2.45) is 5.16 Å². The van der Waals surface area contributed by atoms with Gasteiger partial charge in [-0.3, -0.25) is 4.79 Å². The molecule has 0 saturated carbocycles. The van der Waals surface area contributed by atoms with E-state index < -0.39 is 12.0 Å². The van der Waals surface area contributed by atoms with Crippen LogP contribution in [0.5, 0.6) is 0 Å². The Morgan fingerprint density at radius 1 is 0.833 bits per heavy atom. The summed E-state index contributed by atoms with van der Waals surface area (Å²) in [7, 11) is 0. The number of amides is 1. The molecule has 0 spiro atoms. The van der Waals surface area contributed by atoms with Crippen LogP contribution >= 0.6 is 0 Å². The lowest BCUT2D eigenvalue weighted by Gasteiger charge is -2.18. The van der Waals surface area contributed by atoms with Crippen molar-refractivity contribution in [1.29, 1.82) is 0 Å². The van der Waals surface area contributed by atoms with E-state index in [9.17, 15) is 14.8 Å². The van der Waals surface area contributed by atoms with Crippen LogP contribution in [0, 0.1) is 0 Å². The van der Waals surface area contributed by atoms with Crippen LogP contribution in [0.4, 0.5) is 0 Å². The summed E-state index contributed by atoms with van der Waals surface area (Å²) >= 11 is 0. The number of esters is 1. The fourth-order valence-electron chi connectivity index (χ4n) is 2.91. The van der Waals surface area contributed by atoms with Crippen molar-refractivity contribution in [3.63, 3.8) is 0 Å². The van der Waals surface area contributed by atoms with E-state index in [1.807, 2.05) is 42.5 Å². The van der Waals surface area contributed by atoms with Gasteiger partial charge in [0.05, 0.1) is 0 Å². The molecule has 0 saturated heterocycles. The Morgan fingerprint density at radius 3 is 1.93 bits per heavy atom. The molecule has 152 valence electrons. The van der Waals surface area contributed by atoms with Gasteiger partial charge in [-0.25, -0.2) is 4.79 Å². The Balaban J connectivity index is 1.71. The normalized spacial score (nSPS) is 12.1. The van der Waals surface area contributed by atoms with Gasteiger partial charge in [0.1, 0.15) is 18.4 Å². The molecule has 3 rings (SSSR count). The zero-order valence-corrected chi connectivity index (χ0v) is 16.3.